The van der Waals surface area contributed by atoms with Crippen LogP contribution in [0.5, 0.6) is 0 Å². The molecule has 1 saturated heterocycles. The van der Waals surface area contributed by atoms with Crippen molar-refractivity contribution in [2.24, 2.45) is 0 Å². The van der Waals surface area contributed by atoms with E-state index in [0.717, 1.165) is 12.8 Å². The van der Waals surface area contributed by atoms with Crippen LogP contribution in [0.2, 0.25) is 0 Å². The van der Waals surface area contributed by atoms with E-state index in [1.807, 2.05) is 26.8 Å². The highest BCUT2D eigenvalue weighted by molar-refractivity contribution is 5.66. The molecule has 1 heterocycles. The molecule has 0 saturated carbocycles. The van der Waals surface area contributed by atoms with Gasteiger partial charge >= 0.3 is 5.97 Å². The maximum Gasteiger partial charge on any atom is 0.303 e. The van der Waals surface area contributed by atoms with Crippen molar-refractivity contribution >= 4 is 5.97 Å². The molecule has 1 rings (SSSR count). The van der Waals surface area contributed by atoms with Crippen LogP contribution in [-0.4, -0.2) is 23.3 Å². The SMILES string of the molecule is C=CC1(C)CCC(C(C)(C)OC(C)=O)O1. The molecule has 2 unspecified atom stereocenters. The maximum absolute atomic E-state index is 10.9. The molecular weight excluding hydrogens is 192 g/mol. The Morgan fingerprint density at radius 2 is 2.27 bits per heavy atom. The Morgan fingerprint density at radius 1 is 1.67 bits per heavy atom. The number of carbonyl (C=O) groups is 1. The highest BCUT2D eigenvalue weighted by Gasteiger charge is 2.43. The van der Waals surface area contributed by atoms with Crippen molar-refractivity contribution in [3.63, 3.8) is 0 Å². The zero-order valence-electron chi connectivity index (χ0n) is 10.0. The quantitative estimate of drug-likeness (QED) is 0.532. The summed E-state index contributed by atoms with van der Waals surface area (Å²) in [6, 6.07) is 0. The molecule has 86 valence electrons. The highest BCUT2D eigenvalue weighted by atomic mass is 16.6. The van der Waals surface area contributed by atoms with Crippen molar-refractivity contribution in [1.29, 1.82) is 0 Å². The molecule has 3 heteroatoms. The van der Waals surface area contributed by atoms with Gasteiger partial charge in [-0.15, -0.1) is 6.58 Å². The van der Waals surface area contributed by atoms with E-state index in [1.54, 1.807) is 0 Å². The summed E-state index contributed by atoms with van der Waals surface area (Å²) in [7, 11) is 0. The Balaban J connectivity index is 2.67. The molecular formula is C12H20O3. The Hall–Kier alpha value is -0.830. The van der Waals surface area contributed by atoms with Crippen LogP contribution in [0.4, 0.5) is 0 Å². The van der Waals surface area contributed by atoms with Crippen LogP contribution < -0.4 is 0 Å². The van der Waals surface area contributed by atoms with Crippen LogP contribution in [-0.2, 0) is 14.3 Å². The van der Waals surface area contributed by atoms with Gasteiger partial charge in [-0.25, -0.2) is 0 Å². The molecule has 0 bridgehead atoms. The van der Waals surface area contributed by atoms with Crippen LogP contribution in [0.25, 0.3) is 0 Å². The second kappa shape index (κ2) is 3.97. The fourth-order valence-corrected chi connectivity index (χ4v) is 1.94. The second-order valence-corrected chi connectivity index (χ2v) is 4.86. The summed E-state index contributed by atoms with van der Waals surface area (Å²) in [6.45, 7) is 10.9. The van der Waals surface area contributed by atoms with E-state index in [1.165, 1.54) is 6.92 Å². The zero-order chi connectivity index (χ0) is 11.7. The predicted molar refractivity (Wildman–Crippen MR) is 58.6 cm³/mol. The first-order valence-corrected chi connectivity index (χ1v) is 5.30. The van der Waals surface area contributed by atoms with Crippen LogP contribution in [0.1, 0.15) is 40.5 Å². The zero-order valence-corrected chi connectivity index (χ0v) is 10.0. The summed E-state index contributed by atoms with van der Waals surface area (Å²) in [6.07, 6.45) is 3.58. The van der Waals surface area contributed by atoms with Crippen LogP contribution in [0.3, 0.4) is 0 Å². The average Bonchev–Trinajstić information content (AvgIpc) is 2.47. The first-order valence-electron chi connectivity index (χ1n) is 5.30. The first kappa shape index (κ1) is 12.2. The largest absolute Gasteiger partial charge is 0.457 e. The number of hydrogen-bond donors (Lipinski definition) is 0. The van der Waals surface area contributed by atoms with Gasteiger partial charge in [-0.05, 0) is 33.6 Å². The van der Waals surface area contributed by atoms with Gasteiger partial charge in [-0.1, -0.05) is 6.08 Å². The Labute approximate surface area is 91.4 Å². The molecule has 0 aliphatic carbocycles. The lowest BCUT2D eigenvalue weighted by atomic mass is 9.96. The number of carbonyl (C=O) groups excluding carboxylic acids is 1. The van der Waals surface area contributed by atoms with Crippen molar-refractivity contribution in [2.45, 2.75) is 57.8 Å². The number of hydrogen-bond acceptors (Lipinski definition) is 3. The first-order chi connectivity index (χ1) is 6.79. The van der Waals surface area contributed by atoms with E-state index in [0.29, 0.717) is 0 Å². The van der Waals surface area contributed by atoms with E-state index < -0.39 is 5.60 Å². The van der Waals surface area contributed by atoms with Crippen molar-refractivity contribution in [2.75, 3.05) is 0 Å². The summed E-state index contributed by atoms with van der Waals surface area (Å²) in [5.74, 6) is -0.268. The number of ether oxygens (including phenoxy) is 2. The molecule has 1 fully saturated rings. The summed E-state index contributed by atoms with van der Waals surface area (Å²) < 4.78 is 11.1. The van der Waals surface area contributed by atoms with Gasteiger partial charge < -0.3 is 9.47 Å². The van der Waals surface area contributed by atoms with Crippen LogP contribution in [0.15, 0.2) is 12.7 Å². The lowest BCUT2D eigenvalue weighted by Gasteiger charge is -2.32. The summed E-state index contributed by atoms with van der Waals surface area (Å²) in [5, 5.41) is 0. The molecule has 0 aromatic rings. The molecule has 3 nitrogen and oxygen atoms in total. The fraction of sp³-hybridized carbons (Fsp3) is 0.750. The molecule has 0 amide bonds. The molecule has 1 aliphatic rings. The van der Waals surface area contributed by atoms with E-state index >= 15 is 0 Å². The van der Waals surface area contributed by atoms with Crippen molar-refractivity contribution in [1.82, 2.24) is 0 Å². The Morgan fingerprint density at radius 3 is 2.67 bits per heavy atom. The molecule has 0 aromatic heterocycles. The molecule has 0 radical (unpaired) electrons. The topological polar surface area (TPSA) is 35.5 Å². The van der Waals surface area contributed by atoms with Crippen molar-refractivity contribution < 1.29 is 14.3 Å². The summed E-state index contributed by atoms with van der Waals surface area (Å²) in [4.78, 5) is 10.9. The van der Waals surface area contributed by atoms with Gasteiger partial charge in [0.15, 0.2) is 0 Å². The molecule has 2 atom stereocenters. The minimum absolute atomic E-state index is 0.0515. The number of rotatable bonds is 3. The van der Waals surface area contributed by atoms with E-state index in [2.05, 4.69) is 6.58 Å². The molecule has 15 heavy (non-hydrogen) atoms. The molecule has 0 spiro atoms. The monoisotopic (exact) mass is 212 g/mol. The van der Waals surface area contributed by atoms with Gasteiger partial charge in [0.05, 0.1) is 11.7 Å². The van der Waals surface area contributed by atoms with Crippen molar-refractivity contribution in [3.8, 4) is 0 Å². The van der Waals surface area contributed by atoms with Gasteiger partial charge in [0.2, 0.25) is 0 Å². The minimum atomic E-state index is -0.563. The van der Waals surface area contributed by atoms with E-state index in [-0.39, 0.29) is 17.7 Å². The van der Waals surface area contributed by atoms with Gasteiger partial charge in [-0.2, -0.15) is 0 Å². The highest BCUT2D eigenvalue weighted by Crippen LogP contribution is 2.37. The van der Waals surface area contributed by atoms with Gasteiger partial charge in [-0.3, -0.25) is 4.79 Å². The minimum Gasteiger partial charge on any atom is -0.457 e. The number of esters is 1. The maximum atomic E-state index is 10.9. The standard InChI is InChI=1S/C12H20O3/c1-6-12(5)8-7-10(15-12)11(3,4)14-9(2)13/h6,10H,1,7-8H2,2-5H3. The Bertz CT molecular complexity index is 270. The third kappa shape index (κ3) is 2.81. The van der Waals surface area contributed by atoms with Crippen LogP contribution in [0, 0.1) is 0 Å². The molecule has 0 N–H and O–H groups in total. The van der Waals surface area contributed by atoms with E-state index in [4.69, 9.17) is 9.47 Å². The fourth-order valence-electron chi connectivity index (χ4n) is 1.94. The normalized spacial score (nSPS) is 31.3. The van der Waals surface area contributed by atoms with Crippen LogP contribution >= 0.6 is 0 Å². The van der Waals surface area contributed by atoms with Gasteiger partial charge in [0, 0.05) is 6.92 Å². The third-order valence-electron chi connectivity index (χ3n) is 2.93. The third-order valence-corrected chi connectivity index (χ3v) is 2.93. The second-order valence-electron chi connectivity index (χ2n) is 4.86. The summed E-state index contributed by atoms with van der Waals surface area (Å²) in [5.41, 5.74) is -0.839. The Kier molecular flexibility index (Phi) is 3.24. The lowest BCUT2D eigenvalue weighted by Crippen LogP contribution is -2.41. The van der Waals surface area contributed by atoms with E-state index in [9.17, 15) is 4.79 Å². The molecule has 1 aliphatic heterocycles. The lowest BCUT2D eigenvalue weighted by molar-refractivity contribution is -0.171. The average molecular weight is 212 g/mol. The predicted octanol–water partition coefficient (Wildman–Crippen LogP) is 2.45. The van der Waals surface area contributed by atoms with Gasteiger partial charge in [0.1, 0.15) is 5.60 Å². The van der Waals surface area contributed by atoms with Gasteiger partial charge in [0.25, 0.3) is 0 Å². The smallest absolute Gasteiger partial charge is 0.303 e. The summed E-state index contributed by atoms with van der Waals surface area (Å²) >= 11 is 0. The van der Waals surface area contributed by atoms with Crippen molar-refractivity contribution in [3.05, 3.63) is 12.7 Å². The molecule has 0 aromatic carbocycles.